The molecule has 0 amide bonds. The zero-order valence-corrected chi connectivity index (χ0v) is 46.9. The van der Waals surface area contributed by atoms with Crippen LogP contribution in [0.15, 0.2) is 97.6 Å². The Morgan fingerprint density at radius 1 is 0.725 bits per heavy atom. The fraction of sp³-hybridized carbons (Fsp3) is 0.400. The number of para-hydroxylation sites is 1. The summed E-state index contributed by atoms with van der Waals surface area (Å²) >= 11 is 12.7. The van der Waals surface area contributed by atoms with Crippen LogP contribution in [0.5, 0.6) is 11.5 Å². The van der Waals surface area contributed by atoms with E-state index in [-0.39, 0.29) is 75.5 Å². The van der Waals surface area contributed by atoms with Crippen molar-refractivity contribution in [3.05, 3.63) is 114 Å². The van der Waals surface area contributed by atoms with E-state index in [4.69, 9.17) is 66.0 Å². The van der Waals surface area contributed by atoms with E-state index in [0.29, 0.717) is 5.69 Å². The van der Waals surface area contributed by atoms with Gasteiger partial charge in [-0.15, -0.1) is 0 Å². The van der Waals surface area contributed by atoms with Crippen molar-refractivity contribution in [2.45, 2.75) is 109 Å². The van der Waals surface area contributed by atoms with Crippen LogP contribution in [0.3, 0.4) is 0 Å². The van der Waals surface area contributed by atoms with Crippen LogP contribution in [0.25, 0.3) is 22.3 Å². The third-order valence-electron chi connectivity index (χ3n) is 12.5. The summed E-state index contributed by atoms with van der Waals surface area (Å²) in [4.78, 5) is 52.6. The second-order valence-corrected chi connectivity index (χ2v) is 23.1. The van der Waals surface area contributed by atoms with E-state index in [9.17, 15) is 24.4 Å². The van der Waals surface area contributed by atoms with Crippen molar-refractivity contribution in [1.82, 2.24) is 49.2 Å². The lowest BCUT2D eigenvalue weighted by molar-refractivity contribution is -0.149. The molecule has 80 heavy (non-hydrogen) atoms. The highest BCUT2D eigenvalue weighted by molar-refractivity contribution is 7.52. The van der Waals surface area contributed by atoms with Gasteiger partial charge in [0.25, 0.3) is 0 Å². The Kier molecular flexibility index (Phi) is 18.3. The number of carbonyl (C=O) groups is 2. The Labute approximate surface area is 468 Å². The number of esters is 2. The Bertz CT molecular complexity index is 3400. The van der Waals surface area contributed by atoms with Crippen LogP contribution >= 0.6 is 38.7 Å². The van der Waals surface area contributed by atoms with Crippen LogP contribution in [0.2, 0.25) is 10.6 Å². The van der Waals surface area contributed by atoms with Crippen LogP contribution in [-0.4, -0.2) is 117 Å². The molecule has 30 heteroatoms. The minimum atomic E-state index is -4.70. The van der Waals surface area contributed by atoms with Gasteiger partial charge >= 0.3 is 27.4 Å². The molecular formula is C50H58Cl2N12O14P2. The van der Waals surface area contributed by atoms with Crippen LogP contribution < -0.4 is 30.3 Å². The average molecular weight is 1180 g/mol. The van der Waals surface area contributed by atoms with Gasteiger partial charge in [0, 0.05) is 24.6 Å². The Morgan fingerprint density at radius 3 is 1.88 bits per heavy atom. The third-order valence-corrected chi connectivity index (χ3v) is 16.1. The molecule has 9 rings (SSSR count). The molecule has 6 heterocycles. The highest BCUT2D eigenvalue weighted by Crippen LogP contribution is 2.52. The predicted molar refractivity (Wildman–Crippen MR) is 291 cm³/mol. The summed E-state index contributed by atoms with van der Waals surface area (Å²) in [6.45, 7) is 7.06. The van der Waals surface area contributed by atoms with E-state index in [1.165, 1.54) is 36.3 Å². The summed E-state index contributed by atoms with van der Waals surface area (Å²) in [6, 6.07) is 21.1. The molecule has 2 aliphatic rings. The second kappa shape index (κ2) is 25.2. The average Bonchev–Trinajstić information content (AvgIpc) is 4.23. The molecule has 0 saturated carbocycles. The molecule has 0 radical (unpaired) electrons. The number of aliphatic hydroxyl groups is 2. The maximum absolute atomic E-state index is 15.4. The minimum absolute atomic E-state index is 0.0129. The molecule has 426 valence electrons. The van der Waals surface area contributed by atoms with Crippen LogP contribution in [0.4, 0.5) is 17.3 Å². The molecule has 10 atom stereocenters. The van der Waals surface area contributed by atoms with Gasteiger partial charge in [0.1, 0.15) is 72.6 Å². The van der Waals surface area contributed by atoms with Gasteiger partial charge in [0.15, 0.2) is 28.4 Å². The van der Waals surface area contributed by atoms with Gasteiger partial charge in [0.2, 0.25) is 10.6 Å². The number of benzene rings is 3. The molecule has 2 aliphatic heterocycles. The molecule has 26 nitrogen and oxygen atoms in total. The zero-order valence-electron chi connectivity index (χ0n) is 43.6. The van der Waals surface area contributed by atoms with Crippen molar-refractivity contribution < 1.29 is 66.0 Å². The number of aromatic nitrogens is 8. The smallest absolute Gasteiger partial charge is 0.459 e. The molecule has 3 aromatic carbocycles. The topological polar surface area (TPSA) is 332 Å². The standard InChI is InChI=1S/C50H58Cl2N12O14P2/c1-27(2)40(48(68)71-24-30-13-8-6-9-14-30)62-80(70,78-35-21-38(73-37(35)23-66)63-25-54-41-43(53)57-49(51)59-45(41)63)76-33-18-12-15-31(19-33)56-44-42-46(60-50(52)58-44)64(26-55-42)39-20-34(36(22-65)74-39)77-79(69,75-32-16-10-7-11-17-32)61-29(5)47(67)72-28(3)4/h6-19,25-29,34-40,65-66H,20-24H2,1-5H3,(H,61,69)(H,62,70)(H2,53,57,59)(H,56,58,60)/t29-,34?,35?,36+,37+,38+,39+,40-,79?,80?/m0/s1. The van der Waals surface area contributed by atoms with Crippen LogP contribution in [0.1, 0.15) is 65.5 Å². The van der Waals surface area contributed by atoms with E-state index in [2.05, 4.69) is 45.4 Å². The first-order valence-electron chi connectivity index (χ1n) is 25.2. The van der Waals surface area contributed by atoms with Crippen LogP contribution in [-0.2, 0) is 53.3 Å². The molecule has 4 unspecified atom stereocenters. The van der Waals surface area contributed by atoms with E-state index < -0.39 is 102 Å². The molecule has 0 spiro atoms. The van der Waals surface area contributed by atoms with Crippen molar-refractivity contribution in [2.75, 3.05) is 24.3 Å². The number of imidazole rings is 2. The Hall–Kier alpha value is -6.38. The number of nitrogens with two attached hydrogens (primary N) is 1. The van der Waals surface area contributed by atoms with Gasteiger partial charge in [0.05, 0.1) is 32.0 Å². The summed E-state index contributed by atoms with van der Waals surface area (Å²) in [5.74, 6) is -1.63. The van der Waals surface area contributed by atoms with Gasteiger partial charge in [-0.2, -0.15) is 30.1 Å². The maximum atomic E-state index is 15.4. The SMILES string of the molecule is CC(C)OC(=O)[C@H](C)NP(=O)(Oc1ccccc1)OC1C[C@H](n2cnc3c(Nc4cccc(OP(=O)(N[C@H](C(=O)OCc5ccccc5)C(C)C)OC5C[C@H](n6cnc7c(N)nc(Cl)nc76)O[C@@H]5CO)c4)nc(Cl)nc32)O[C@@H]1CO. The van der Waals surface area contributed by atoms with Crippen molar-refractivity contribution >= 4 is 90.3 Å². The molecule has 4 aromatic heterocycles. The molecule has 2 fully saturated rings. The second-order valence-electron chi connectivity index (χ2n) is 19.2. The highest BCUT2D eigenvalue weighted by atomic mass is 35.5. The largest absolute Gasteiger partial charge is 0.462 e. The number of ether oxygens (including phenoxy) is 4. The molecular weight excluding hydrogens is 1130 g/mol. The summed E-state index contributed by atoms with van der Waals surface area (Å²) < 4.78 is 81.0. The van der Waals surface area contributed by atoms with E-state index >= 15 is 4.57 Å². The highest BCUT2D eigenvalue weighted by Gasteiger charge is 2.47. The Balaban J connectivity index is 0.961. The van der Waals surface area contributed by atoms with E-state index in [1.54, 1.807) is 99.0 Å². The Morgan fingerprint density at radius 2 is 1.27 bits per heavy atom. The first kappa shape index (κ1) is 58.3. The number of carbonyl (C=O) groups excluding carboxylic acids is 2. The lowest BCUT2D eigenvalue weighted by Gasteiger charge is -2.29. The number of nitrogen functional groups attached to an aromatic ring is 1. The predicted octanol–water partition coefficient (Wildman–Crippen LogP) is 7.59. The number of anilines is 3. The lowest BCUT2D eigenvalue weighted by Crippen LogP contribution is -2.42. The quantitative estimate of drug-likeness (QED) is 0.0193. The van der Waals surface area contributed by atoms with Crippen molar-refractivity contribution in [2.24, 2.45) is 5.92 Å². The summed E-state index contributed by atoms with van der Waals surface area (Å²) in [7, 11) is -9.10. The third kappa shape index (κ3) is 13.8. The zero-order chi connectivity index (χ0) is 56.9. The molecule has 0 aliphatic carbocycles. The maximum Gasteiger partial charge on any atom is 0.459 e. The summed E-state index contributed by atoms with van der Waals surface area (Å²) in [5.41, 5.74) is 8.01. The van der Waals surface area contributed by atoms with Crippen molar-refractivity contribution in [3.8, 4) is 11.5 Å². The number of nitrogens with zero attached hydrogens (tertiary/aromatic N) is 8. The molecule has 2 saturated heterocycles. The first-order valence-corrected chi connectivity index (χ1v) is 29.1. The monoisotopic (exact) mass is 1180 g/mol. The first-order chi connectivity index (χ1) is 38.3. The van der Waals surface area contributed by atoms with Gasteiger partial charge < -0.3 is 49.3 Å². The van der Waals surface area contributed by atoms with Crippen molar-refractivity contribution in [1.29, 1.82) is 0 Å². The number of nitrogens with one attached hydrogen (secondary N) is 3. The normalized spacial score (nSPS) is 21.5. The molecule has 7 N–H and O–H groups in total. The number of halogens is 2. The number of hydrogen-bond donors (Lipinski definition) is 6. The number of aliphatic hydroxyl groups excluding tert-OH is 2. The van der Waals surface area contributed by atoms with E-state index in [0.717, 1.165) is 5.56 Å². The van der Waals surface area contributed by atoms with E-state index in [1.807, 2.05) is 6.07 Å². The summed E-state index contributed by atoms with van der Waals surface area (Å²) in [5, 5.41) is 29.4. The number of rotatable bonds is 24. The molecule has 7 aromatic rings. The van der Waals surface area contributed by atoms with Gasteiger partial charge in [-0.25, -0.2) is 19.1 Å². The fourth-order valence-electron chi connectivity index (χ4n) is 8.73. The van der Waals surface area contributed by atoms with Gasteiger partial charge in [-0.1, -0.05) is 68.4 Å². The minimum Gasteiger partial charge on any atom is -0.462 e. The fourth-order valence-corrected chi connectivity index (χ4v) is 12.6. The lowest BCUT2D eigenvalue weighted by atomic mass is 10.1. The van der Waals surface area contributed by atoms with Crippen molar-refractivity contribution in [3.63, 3.8) is 0 Å². The summed E-state index contributed by atoms with van der Waals surface area (Å²) in [6.07, 6.45) is -3.75. The molecule has 0 bridgehead atoms. The number of hydrogen-bond acceptors (Lipinski definition) is 22. The van der Waals surface area contributed by atoms with Gasteiger partial charge in [-0.05, 0) is 79.7 Å². The van der Waals surface area contributed by atoms with Gasteiger partial charge in [-0.3, -0.25) is 27.8 Å². The number of fused-ring (bicyclic) bond motifs is 2. The van der Waals surface area contributed by atoms with Crippen LogP contribution in [0, 0.1) is 5.92 Å².